The fourth-order valence-electron chi connectivity index (χ4n) is 1.69. The second-order valence-corrected chi connectivity index (χ2v) is 7.62. The monoisotopic (exact) mass is 301 g/mol. The summed E-state index contributed by atoms with van der Waals surface area (Å²) in [5.41, 5.74) is 0.596. The van der Waals surface area contributed by atoms with Gasteiger partial charge in [0.05, 0.1) is 5.75 Å². The van der Waals surface area contributed by atoms with E-state index >= 15 is 0 Å². The number of carbonyl (C=O) groups excluding carboxylic acids is 1. The van der Waals surface area contributed by atoms with Gasteiger partial charge in [-0.2, -0.15) is 0 Å². The molecule has 1 N–H and O–H groups in total. The van der Waals surface area contributed by atoms with E-state index in [4.69, 9.17) is 11.6 Å². The maximum Gasteiger partial charge on any atom is 0.238 e. The minimum Gasteiger partial charge on any atom is -0.352 e. The van der Waals surface area contributed by atoms with Gasteiger partial charge in [-0.05, 0) is 37.5 Å². The Hall–Kier alpha value is -1.07. The molecule has 0 aliphatic heterocycles. The molecule has 0 aromatic heterocycles. The fraction of sp³-hybridized carbons (Fsp3) is 0.462. The molecule has 0 heterocycles. The van der Waals surface area contributed by atoms with Gasteiger partial charge in [0, 0.05) is 11.1 Å². The van der Waals surface area contributed by atoms with Gasteiger partial charge in [-0.3, -0.25) is 4.79 Å². The molecule has 1 fully saturated rings. The Morgan fingerprint density at radius 2 is 2.16 bits per heavy atom. The van der Waals surface area contributed by atoms with Gasteiger partial charge < -0.3 is 5.32 Å². The van der Waals surface area contributed by atoms with Crippen LogP contribution in [-0.2, 0) is 20.4 Å². The Balaban J connectivity index is 2.06. The smallest absolute Gasteiger partial charge is 0.238 e. The number of sulfone groups is 1. The zero-order chi connectivity index (χ0) is 14.0. The van der Waals surface area contributed by atoms with Crippen LogP contribution >= 0.6 is 11.6 Å². The van der Waals surface area contributed by atoms with Crippen molar-refractivity contribution >= 4 is 27.3 Å². The standard InChI is InChI=1S/C13H16ClNO3S/c1-9(13(16)15-12-5-6-12)19(17,18)8-10-3-2-4-11(14)7-10/h2-4,7,9,12H,5-6,8H2,1H3,(H,15,16). The lowest BCUT2D eigenvalue weighted by Gasteiger charge is -2.13. The van der Waals surface area contributed by atoms with Crippen molar-refractivity contribution in [1.29, 1.82) is 0 Å². The Morgan fingerprint density at radius 3 is 2.74 bits per heavy atom. The van der Waals surface area contributed by atoms with E-state index in [9.17, 15) is 13.2 Å². The van der Waals surface area contributed by atoms with Crippen LogP contribution in [0.15, 0.2) is 24.3 Å². The molecule has 0 radical (unpaired) electrons. The number of rotatable bonds is 5. The molecule has 1 amide bonds. The van der Waals surface area contributed by atoms with E-state index in [0.29, 0.717) is 10.6 Å². The van der Waals surface area contributed by atoms with Crippen LogP contribution in [0.2, 0.25) is 5.02 Å². The molecule has 2 rings (SSSR count). The molecule has 4 nitrogen and oxygen atoms in total. The predicted molar refractivity (Wildman–Crippen MR) is 74.7 cm³/mol. The Bertz CT molecular complexity index is 581. The number of benzene rings is 1. The summed E-state index contributed by atoms with van der Waals surface area (Å²) in [7, 11) is -3.52. The van der Waals surface area contributed by atoms with Crippen molar-refractivity contribution in [2.45, 2.75) is 36.8 Å². The maximum absolute atomic E-state index is 12.2. The molecular weight excluding hydrogens is 286 g/mol. The van der Waals surface area contributed by atoms with Gasteiger partial charge >= 0.3 is 0 Å². The molecule has 1 atom stereocenters. The van der Waals surface area contributed by atoms with Crippen LogP contribution in [0.25, 0.3) is 0 Å². The number of carbonyl (C=O) groups is 1. The van der Waals surface area contributed by atoms with Gasteiger partial charge in [0.1, 0.15) is 5.25 Å². The molecule has 1 saturated carbocycles. The van der Waals surface area contributed by atoms with Gasteiger partial charge in [-0.15, -0.1) is 0 Å². The van der Waals surface area contributed by atoms with Crippen LogP contribution in [0.4, 0.5) is 0 Å². The van der Waals surface area contributed by atoms with Gasteiger partial charge in [-0.1, -0.05) is 23.7 Å². The summed E-state index contributed by atoms with van der Waals surface area (Å²) in [4.78, 5) is 11.8. The number of hydrogen-bond donors (Lipinski definition) is 1. The van der Waals surface area contributed by atoms with Crippen molar-refractivity contribution in [3.05, 3.63) is 34.9 Å². The summed E-state index contributed by atoms with van der Waals surface area (Å²) in [6.45, 7) is 1.43. The first kappa shape index (κ1) is 14.3. The SMILES string of the molecule is CC(C(=O)NC1CC1)S(=O)(=O)Cc1cccc(Cl)c1. The highest BCUT2D eigenvalue weighted by molar-refractivity contribution is 7.92. The first-order valence-corrected chi connectivity index (χ1v) is 8.24. The highest BCUT2D eigenvalue weighted by Gasteiger charge is 2.32. The normalized spacial score (nSPS) is 16.9. The molecule has 1 aromatic carbocycles. The molecule has 0 bridgehead atoms. The second kappa shape index (κ2) is 5.51. The van der Waals surface area contributed by atoms with E-state index in [1.807, 2.05) is 0 Å². The molecule has 19 heavy (non-hydrogen) atoms. The van der Waals surface area contributed by atoms with Gasteiger partial charge in [0.25, 0.3) is 0 Å². The zero-order valence-electron chi connectivity index (χ0n) is 10.6. The summed E-state index contributed by atoms with van der Waals surface area (Å²) in [6, 6.07) is 6.83. The third-order valence-electron chi connectivity index (χ3n) is 3.09. The van der Waals surface area contributed by atoms with Crippen LogP contribution in [-0.4, -0.2) is 25.6 Å². The lowest BCUT2D eigenvalue weighted by molar-refractivity contribution is -0.120. The minimum atomic E-state index is -3.52. The zero-order valence-corrected chi connectivity index (χ0v) is 12.2. The third-order valence-corrected chi connectivity index (χ3v) is 5.35. The summed E-state index contributed by atoms with van der Waals surface area (Å²) in [6.07, 6.45) is 1.87. The van der Waals surface area contributed by atoms with Crippen molar-refractivity contribution in [2.24, 2.45) is 0 Å². The van der Waals surface area contributed by atoms with E-state index in [-0.39, 0.29) is 11.8 Å². The molecular formula is C13H16ClNO3S. The quantitative estimate of drug-likeness (QED) is 0.904. The minimum absolute atomic E-state index is 0.163. The van der Waals surface area contributed by atoms with Gasteiger partial charge in [-0.25, -0.2) is 8.42 Å². The van der Waals surface area contributed by atoms with Crippen LogP contribution < -0.4 is 5.32 Å². The second-order valence-electron chi connectivity index (χ2n) is 4.86. The highest BCUT2D eigenvalue weighted by atomic mass is 35.5. The first-order chi connectivity index (χ1) is 8.88. The number of halogens is 1. The van der Waals surface area contributed by atoms with Crippen molar-refractivity contribution in [2.75, 3.05) is 0 Å². The Morgan fingerprint density at radius 1 is 1.47 bits per heavy atom. The summed E-state index contributed by atoms with van der Waals surface area (Å²) < 4.78 is 24.3. The fourth-order valence-corrected chi connectivity index (χ4v) is 3.19. The van der Waals surface area contributed by atoms with E-state index in [0.717, 1.165) is 12.8 Å². The lowest BCUT2D eigenvalue weighted by Crippen LogP contribution is -2.39. The third kappa shape index (κ3) is 3.94. The average molecular weight is 302 g/mol. The van der Waals surface area contributed by atoms with Gasteiger partial charge in [0.2, 0.25) is 5.91 Å². The van der Waals surface area contributed by atoms with Crippen molar-refractivity contribution in [3.8, 4) is 0 Å². The highest BCUT2D eigenvalue weighted by Crippen LogP contribution is 2.20. The molecule has 1 aliphatic rings. The molecule has 6 heteroatoms. The van der Waals surface area contributed by atoms with Crippen LogP contribution in [0.5, 0.6) is 0 Å². The molecule has 104 valence electrons. The van der Waals surface area contributed by atoms with Crippen LogP contribution in [0.1, 0.15) is 25.3 Å². The van der Waals surface area contributed by atoms with Crippen molar-refractivity contribution in [3.63, 3.8) is 0 Å². The lowest BCUT2D eigenvalue weighted by atomic mass is 10.2. The molecule has 0 saturated heterocycles. The summed E-state index contributed by atoms with van der Waals surface area (Å²) in [5.74, 6) is -0.586. The maximum atomic E-state index is 12.2. The molecule has 1 aliphatic carbocycles. The number of amides is 1. The molecule has 0 spiro atoms. The molecule has 1 unspecified atom stereocenters. The van der Waals surface area contributed by atoms with Gasteiger partial charge in [0.15, 0.2) is 9.84 Å². The van der Waals surface area contributed by atoms with E-state index in [1.165, 1.54) is 6.92 Å². The topological polar surface area (TPSA) is 63.2 Å². The summed E-state index contributed by atoms with van der Waals surface area (Å²) >= 11 is 5.82. The number of nitrogens with one attached hydrogen (secondary N) is 1. The number of hydrogen-bond acceptors (Lipinski definition) is 3. The largest absolute Gasteiger partial charge is 0.352 e. The van der Waals surface area contributed by atoms with Crippen molar-refractivity contribution in [1.82, 2.24) is 5.32 Å². The summed E-state index contributed by atoms with van der Waals surface area (Å²) in [5, 5.41) is 2.17. The Kier molecular flexibility index (Phi) is 4.16. The molecule has 1 aromatic rings. The van der Waals surface area contributed by atoms with E-state index in [2.05, 4.69) is 5.32 Å². The Labute approximate surface area is 118 Å². The van der Waals surface area contributed by atoms with Crippen LogP contribution in [0, 0.1) is 0 Å². The van der Waals surface area contributed by atoms with E-state index < -0.39 is 21.0 Å². The predicted octanol–water partition coefficient (Wildman–Crippen LogP) is 1.92. The van der Waals surface area contributed by atoms with E-state index in [1.54, 1.807) is 24.3 Å². The van der Waals surface area contributed by atoms with Crippen molar-refractivity contribution < 1.29 is 13.2 Å². The average Bonchev–Trinajstić information content (AvgIpc) is 3.11. The first-order valence-electron chi connectivity index (χ1n) is 6.15. The van der Waals surface area contributed by atoms with Crippen LogP contribution in [0.3, 0.4) is 0 Å².